The molecule has 156 valence electrons. The Balaban J connectivity index is 1.28. The molecule has 1 amide bonds. The van der Waals surface area contributed by atoms with E-state index in [1.165, 1.54) is 0 Å². The lowest BCUT2D eigenvalue weighted by Gasteiger charge is -2.12. The number of ether oxygens (including phenoxy) is 3. The number of aromatic nitrogens is 3. The number of pyridine rings is 1. The van der Waals surface area contributed by atoms with E-state index in [1.807, 2.05) is 41.1 Å². The molecule has 4 rings (SSSR count). The molecular formula is C22H24N4O4. The van der Waals surface area contributed by atoms with Crippen LogP contribution < -0.4 is 19.5 Å². The summed E-state index contributed by atoms with van der Waals surface area (Å²) in [6.45, 7) is 1.12. The van der Waals surface area contributed by atoms with Crippen LogP contribution in [0.2, 0.25) is 0 Å². The Labute approximate surface area is 174 Å². The molecule has 8 nitrogen and oxygen atoms in total. The van der Waals surface area contributed by atoms with Gasteiger partial charge < -0.3 is 19.5 Å². The van der Waals surface area contributed by atoms with E-state index >= 15 is 0 Å². The number of fused-ring (bicyclic) bond motifs is 1. The molecule has 3 aromatic rings. The van der Waals surface area contributed by atoms with E-state index < -0.39 is 0 Å². The summed E-state index contributed by atoms with van der Waals surface area (Å²) in [6.07, 6.45) is 4.79. The van der Waals surface area contributed by atoms with Gasteiger partial charge in [-0.25, -0.2) is 0 Å². The summed E-state index contributed by atoms with van der Waals surface area (Å²) in [5, 5.41) is 7.36. The Morgan fingerprint density at radius 3 is 2.80 bits per heavy atom. The van der Waals surface area contributed by atoms with Crippen molar-refractivity contribution in [2.45, 2.75) is 25.5 Å². The zero-order valence-corrected chi connectivity index (χ0v) is 17.0. The summed E-state index contributed by atoms with van der Waals surface area (Å²) in [4.78, 5) is 16.5. The molecule has 0 spiro atoms. The molecule has 3 heterocycles. The van der Waals surface area contributed by atoms with Gasteiger partial charge in [0.1, 0.15) is 17.5 Å². The van der Waals surface area contributed by atoms with Gasteiger partial charge in [-0.15, -0.1) is 0 Å². The van der Waals surface area contributed by atoms with Crippen molar-refractivity contribution >= 4 is 5.91 Å². The molecule has 0 aliphatic carbocycles. The fourth-order valence-electron chi connectivity index (χ4n) is 3.51. The fraction of sp³-hybridized carbons (Fsp3) is 0.318. The third-order valence-corrected chi connectivity index (χ3v) is 4.99. The smallest absolute Gasteiger partial charge is 0.271 e. The van der Waals surface area contributed by atoms with Crippen LogP contribution in [0.1, 0.15) is 21.7 Å². The maximum atomic E-state index is 12.5. The lowest BCUT2D eigenvalue weighted by atomic mass is 10.1. The summed E-state index contributed by atoms with van der Waals surface area (Å²) in [6, 6.07) is 11.3. The van der Waals surface area contributed by atoms with Crippen molar-refractivity contribution in [2.24, 2.45) is 0 Å². The first-order valence-corrected chi connectivity index (χ1v) is 9.79. The number of hydrogen-bond acceptors (Lipinski definition) is 6. The van der Waals surface area contributed by atoms with E-state index in [1.54, 1.807) is 26.6 Å². The molecule has 1 aliphatic heterocycles. The SMILES string of the molecule is COc1ccc(CCNC(=O)c2cc3n(n2)C[C@@H](Oc2cccnc2)C3)cc1OC. The minimum atomic E-state index is -0.179. The normalized spacial score (nSPS) is 14.8. The fourth-order valence-corrected chi connectivity index (χ4v) is 3.51. The highest BCUT2D eigenvalue weighted by molar-refractivity contribution is 5.92. The van der Waals surface area contributed by atoms with Crippen LogP contribution in [0.5, 0.6) is 17.2 Å². The quantitative estimate of drug-likeness (QED) is 0.615. The Bertz CT molecular complexity index is 996. The summed E-state index contributed by atoms with van der Waals surface area (Å²) >= 11 is 0. The van der Waals surface area contributed by atoms with Crippen LogP contribution in [0.25, 0.3) is 0 Å². The maximum Gasteiger partial charge on any atom is 0.271 e. The highest BCUT2D eigenvalue weighted by Crippen LogP contribution is 2.27. The highest BCUT2D eigenvalue weighted by Gasteiger charge is 2.26. The van der Waals surface area contributed by atoms with Gasteiger partial charge in [0.15, 0.2) is 11.5 Å². The molecule has 0 fully saturated rings. The van der Waals surface area contributed by atoms with Crippen LogP contribution in [-0.2, 0) is 19.4 Å². The molecule has 0 bridgehead atoms. The van der Waals surface area contributed by atoms with Gasteiger partial charge in [-0.2, -0.15) is 5.10 Å². The second kappa shape index (κ2) is 8.86. The van der Waals surface area contributed by atoms with Gasteiger partial charge in [0.25, 0.3) is 5.91 Å². The van der Waals surface area contributed by atoms with Crippen molar-refractivity contribution < 1.29 is 19.0 Å². The third kappa shape index (κ3) is 4.37. The first kappa shape index (κ1) is 19.8. The summed E-state index contributed by atoms with van der Waals surface area (Å²) in [7, 11) is 3.21. The first-order chi connectivity index (χ1) is 14.7. The predicted molar refractivity (Wildman–Crippen MR) is 110 cm³/mol. The lowest BCUT2D eigenvalue weighted by Crippen LogP contribution is -2.26. The van der Waals surface area contributed by atoms with Crippen LogP contribution in [0.4, 0.5) is 0 Å². The third-order valence-electron chi connectivity index (χ3n) is 4.99. The zero-order chi connectivity index (χ0) is 20.9. The number of methoxy groups -OCH3 is 2. The van der Waals surface area contributed by atoms with Crippen LogP contribution >= 0.6 is 0 Å². The van der Waals surface area contributed by atoms with Gasteiger partial charge >= 0.3 is 0 Å². The average Bonchev–Trinajstić information content (AvgIpc) is 3.33. The summed E-state index contributed by atoms with van der Waals surface area (Å²) < 4.78 is 18.3. The van der Waals surface area contributed by atoms with E-state index in [0.29, 0.717) is 43.1 Å². The van der Waals surface area contributed by atoms with Gasteiger partial charge in [-0.1, -0.05) is 6.07 Å². The van der Waals surface area contributed by atoms with Gasteiger partial charge in [0.2, 0.25) is 0 Å². The van der Waals surface area contributed by atoms with E-state index in [4.69, 9.17) is 14.2 Å². The minimum Gasteiger partial charge on any atom is -0.493 e. The molecule has 0 saturated carbocycles. The maximum absolute atomic E-state index is 12.5. The Hall–Kier alpha value is -3.55. The first-order valence-electron chi connectivity index (χ1n) is 9.79. The number of benzene rings is 1. The molecule has 2 aromatic heterocycles. The van der Waals surface area contributed by atoms with Crippen molar-refractivity contribution in [3.05, 3.63) is 65.7 Å². The molecule has 0 saturated heterocycles. The van der Waals surface area contributed by atoms with Crippen LogP contribution in [0.3, 0.4) is 0 Å². The molecule has 1 atom stereocenters. The van der Waals surface area contributed by atoms with E-state index in [-0.39, 0.29) is 12.0 Å². The molecule has 8 heteroatoms. The predicted octanol–water partition coefficient (Wildman–Crippen LogP) is 2.27. The van der Waals surface area contributed by atoms with Crippen molar-refractivity contribution in [3.63, 3.8) is 0 Å². The molecule has 1 aliphatic rings. The van der Waals surface area contributed by atoms with Gasteiger partial charge in [0.05, 0.1) is 27.0 Å². The second-order valence-corrected chi connectivity index (χ2v) is 7.03. The van der Waals surface area contributed by atoms with E-state index in [0.717, 1.165) is 17.0 Å². The number of hydrogen-bond donors (Lipinski definition) is 1. The van der Waals surface area contributed by atoms with E-state index in [2.05, 4.69) is 15.4 Å². The second-order valence-electron chi connectivity index (χ2n) is 7.03. The standard InChI is InChI=1S/C22H24N4O4/c1-28-20-6-5-15(10-21(20)29-2)7-9-24-22(27)19-12-16-11-18(14-26(16)25-19)30-17-4-3-8-23-13-17/h3-6,8,10,12-13,18H,7,9,11,14H2,1-2H3,(H,24,27)/t18-/m0/s1. The van der Waals surface area contributed by atoms with Gasteiger partial charge in [-0.3, -0.25) is 14.5 Å². The number of carbonyl (C=O) groups excluding carboxylic acids is 1. The number of nitrogens with one attached hydrogen (secondary N) is 1. The lowest BCUT2D eigenvalue weighted by molar-refractivity contribution is 0.0947. The molecule has 0 unspecified atom stereocenters. The average molecular weight is 408 g/mol. The van der Waals surface area contributed by atoms with Crippen molar-refractivity contribution in [3.8, 4) is 17.2 Å². The molecule has 1 aromatic carbocycles. The molecule has 0 radical (unpaired) electrons. The molecular weight excluding hydrogens is 384 g/mol. The summed E-state index contributed by atoms with van der Waals surface area (Å²) in [5.74, 6) is 1.92. The number of amides is 1. The molecule has 30 heavy (non-hydrogen) atoms. The largest absolute Gasteiger partial charge is 0.493 e. The van der Waals surface area contributed by atoms with Crippen molar-refractivity contribution in [1.29, 1.82) is 0 Å². The number of rotatable bonds is 8. The minimum absolute atomic E-state index is 0.00105. The van der Waals surface area contributed by atoms with Crippen molar-refractivity contribution in [2.75, 3.05) is 20.8 Å². The number of carbonyl (C=O) groups is 1. The monoisotopic (exact) mass is 408 g/mol. The van der Waals surface area contributed by atoms with E-state index in [9.17, 15) is 4.79 Å². The topological polar surface area (TPSA) is 87.5 Å². The number of nitrogens with zero attached hydrogens (tertiary/aromatic N) is 3. The van der Waals surface area contributed by atoms with Gasteiger partial charge in [-0.05, 0) is 42.3 Å². The highest BCUT2D eigenvalue weighted by atomic mass is 16.5. The van der Waals surface area contributed by atoms with Gasteiger partial charge in [0, 0.05) is 24.9 Å². The Morgan fingerprint density at radius 1 is 1.20 bits per heavy atom. The van der Waals surface area contributed by atoms with Crippen LogP contribution in [0.15, 0.2) is 48.8 Å². The Kier molecular flexibility index (Phi) is 5.83. The van der Waals surface area contributed by atoms with Crippen LogP contribution in [0, 0.1) is 0 Å². The van der Waals surface area contributed by atoms with Crippen molar-refractivity contribution in [1.82, 2.24) is 20.1 Å². The Morgan fingerprint density at radius 2 is 2.07 bits per heavy atom. The molecule has 1 N–H and O–H groups in total. The summed E-state index contributed by atoms with van der Waals surface area (Å²) in [5.41, 5.74) is 2.47. The zero-order valence-electron chi connectivity index (χ0n) is 17.0. The van der Waals surface area contributed by atoms with Crippen LogP contribution in [-0.4, -0.2) is 47.5 Å².